The number of hydrogen-bond acceptors (Lipinski definition) is 5. The lowest BCUT2D eigenvalue weighted by molar-refractivity contribution is -0.274. The Balaban J connectivity index is 2.27. The summed E-state index contributed by atoms with van der Waals surface area (Å²) in [5.41, 5.74) is 0.274. The average Bonchev–Trinajstić information content (AvgIpc) is 2.54. The minimum atomic E-state index is -4.84. The number of carbonyl (C=O) groups is 1. The van der Waals surface area contributed by atoms with Crippen molar-refractivity contribution in [3.05, 3.63) is 47.0 Å². The number of alkyl halides is 3. The van der Waals surface area contributed by atoms with Crippen LogP contribution in [0, 0.1) is 11.3 Å². The van der Waals surface area contributed by atoms with Crippen LogP contribution in [0.2, 0.25) is 5.02 Å². The Morgan fingerprint density at radius 2 is 1.85 bits per heavy atom. The molecular weight excluding hydrogens is 375 g/mol. The molecule has 26 heavy (non-hydrogen) atoms. The summed E-state index contributed by atoms with van der Waals surface area (Å²) in [5, 5.41) is 8.82. The first-order valence-electron chi connectivity index (χ1n) is 7.07. The molecule has 0 fully saturated rings. The molecule has 0 radical (unpaired) electrons. The molecule has 0 amide bonds. The lowest BCUT2D eigenvalue weighted by Gasteiger charge is -2.14. The Bertz CT molecular complexity index is 862. The minimum absolute atomic E-state index is 0.0403. The molecular formula is C17H11ClF3NO4. The highest BCUT2D eigenvalue weighted by atomic mass is 35.5. The van der Waals surface area contributed by atoms with Gasteiger partial charge in [0.25, 0.3) is 0 Å². The van der Waals surface area contributed by atoms with Gasteiger partial charge in [-0.3, -0.25) is 4.79 Å². The van der Waals surface area contributed by atoms with E-state index in [4.69, 9.17) is 26.3 Å². The maximum Gasteiger partial charge on any atom is 0.573 e. The fourth-order valence-electron chi connectivity index (χ4n) is 1.83. The van der Waals surface area contributed by atoms with E-state index in [1.807, 2.05) is 6.07 Å². The number of hydrogen-bond donors (Lipinski definition) is 0. The van der Waals surface area contributed by atoms with Crippen LogP contribution in [0.4, 0.5) is 13.2 Å². The van der Waals surface area contributed by atoms with E-state index in [0.29, 0.717) is 0 Å². The predicted octanol–water partition coefficient (Wildman–Crippen LogP) is 4.87. The first-order chi connectivity index (χ1) is 12.2. The smallest absolute Gasteiger partial charge is 0.482 e. The number of carbonyl (C=O) groups excluding carboxylic acids is 1. The number of benzene rings is 2. The van der Waals surface area contributed by atoms with Crippen LogP contribution in [0.3, 0.4) is 0 Å². The summed E-state index contributed by atoms with van der Waals surface area (Å²) in [6, 6.07) is 9.33. The van der Waals surface area contributed by atoms with Crippen molar-refractivity contribution < 1.29 is 32.2 Å². The Labute approximate surface area is 151 Å². The van der Waals surface area contributed by atoms with E-state index in [2.05, 4.69) is 4.74 Å². The molecule has 136 valence electrons. The monoisotopic (exact) mass is 385 g/mol. The van der Waals surface area contributed by atoms with Gasteiger partial charge in [0, 0.05) is 12.1 Å². The molecule has 2 aromatic carbocycles. The van der Waals surface area contributed by atoms with E-state index in [1.54, 1.807) is 0 Å². The van der Waals surface area contributed by atoms with Gasteiger partial charge in [0.1, 0.15) is 18.1 Å². The summed E-state index contributed by atoms with van der Waals surface area (Å²) in [7, 11) is 0. The number of ketones is 1. The topological polar surface area (TPSA) is 68.6 Å². The number of rotatable bonds is 6. The van der Waals surface area contributed by atoms with Crippen LogP contribution < -0.4 is 14.2 Å². The largest absolute Gasteiger partial charge is 0.573 e. The minimum Gasteiger partial charge on any atom is -0.482 e. The molecule has 0 atom stereocenters. The lowest BCUT2D eigenvalue weighted by Crippen LogP contribution is -2.17. The molecule has 5 nitrogen and oxygen atoms in total. The van der Waals surface area contributed by atoms with Gasteiger partial charge in [-0.2, -0.15) is 5.26 Å². The first kappa shape index (κ1) is 19.4. The van der Waals surface area contributed by atoms with Crippen molar-refractivity contribution in [3.63, 3.8) is 0 Å². The predicted molar refractivity (Wildman–Crippen MR) is 85.5 cm³/mol. The third-order valence-corrected chi connectivity index (χ3v) is 3.16. The van der Waals surface area contributed by atoms with Crippen LogP contribution in [0.25, 0.3) is 0 Å². The van der Waals surface area contributed by atoms with E-state index in [0.717, 1.165) is 12.1 Å². The lowest BCUT2D eigenvalue weighted by atomic mass is 10.2. The Kier molecular flexibility index (Phi) is 5.95. The van der Waals surface area contributed by atoms with E-state index in [-0.39, 0.29) is 40.2 Å². The second kappa shape index (κ2) is 7.97. The molecule has 0 aromatic heterocycles. The number of Topliss-reactive ketones (excluding diaryl/α,β-unsaturated/α-hetero) is 1. The summed E-state index contributed by atoms with van der Waals surface area (Å²) in [6.45, 7) is 1.09. The van der Waals surface area contributed by atoms with Crippen molar-refractivity contribution >= 4 is 17.4 Å². The number of ether oxygens (including phenoxy) is 3. The summed E-state index contributed by atoms with van der Waals surface area (Å²) in [5.74, 6) is -0.450. The molecule has 0 saturated carbocycles. The van der Waals surface area contributed by atoms with Gasteiger partial charge < -0.3 is 14.2 Å². The second-order valence-corrected chi connectivity index (χ2v) is 5.41. The maximum absolute atomic E-state index is 12.2. The Morgan fingerprint density at radius 1 is 1.15 bits per heavy atom. The first-order valence-corrected chi connectivity index (χ1v) is 7.45. The molecule has 0 aliphatic carbocycles. The zero-order chi connectivity index (χ0) is 19.3. The third kappa shape index (κ3) is 5.57. The van der Waals surface area contributed by atoms with Crippen molar-refractivity contribution in [2.45, 2.75) is 13.3 Å². The van der Waals surface area contributed by atoms with Crippen LogP contribution in [0.15, 0.2) is 36.4 Å². The highest BCUT2D eigenvalue weighted by molar-refractivity contribution is 6.32. The molecule has 9 heteroatoms. The van der Waals surface area contributed by atoms with E-state index < -0.39 is 12.1 Å². The van der Waals surface area contributed by atoms with E-state index in [1.165, 1.54) is 31.2 Å². The normalized spacial score (nSPS) is 10.8. The van der Waals surface area contributed by atoms with Gasteiger partial charge in [-0.15, -0.1) is 13.2 Å². The third-order valence-electron chi connectivity index (χ3n) is 2.86. The fourth-order valence-corrected chi connectivity index (χ4v) is 2.04. The number of nitriles is 1. The highest BCUT2D eigenvalue weighted by Gasteiger charge is 2.31. The quantitative estimate of drug-likeness (QED) is 0.709. The van der Waals surface area contributed by atoms with Gasteiger partial charge in [-0.1, -0.05) is 11.6 Å². The van der Waals surface area contributed by atoms with E-state index in [9.17, 15) is 18.0 Å². The molecule has 0 unspecified atom stereocenters. The molecule has 0 heterocycles. The van der Waals surface area contributed by atoms with Crippen molar-refractivity contribution in [3.8, 4) is 29.1 Å². The van der Waals surface area contributed by atoms with Gasteiger partial charge in [-0.25, -0.2) is 0 Å². The summed E-state index contributed by atoms with van der Waals surface area (Å²) in [4.78, 5) is 11.1. The van der Waals surface area contributed by atoms with E-state index >= 15 is 0 Å². The molecule has 0 aliphatic rings. The Morgan fingerprint density at radius 3 is 2.42 bits per heavy atom. The van der Waals surface area contributed by atoms with Gasteiger partial charge >= 0.3 is 6.36 Å². The number of nitrogens with zero attached hydrogens (tertiary/aromatic N) is 1. The summed E-state index contributed by atoms with van der Waals surface area (Å²) < 4.78 is 51.3. The molecule has 0 spiro atoms. The van der Waals surface area contributed by atoms with Crippen molar-refractivity contribution in [2.24, 2.45) is 0 Å². The highest BCUT2D eigenvalue weighted by Crippen LogP contribution is 2.38. The SMILES string of the molecule is CC(=O)COc1cc(C#N)ccc1Oc1ccc(OC(F)(F)F)cc1Cl. The number of halogens is 4. The fraction of sp³-hybridized carbons (Fsp3) is 0.176. The standard InChI is InChI=1S/C17H11ClF3NO4/c1-10(23)9-24-16-6-11(8-22)2-4-15(16)25-14-5-3-12(7-13(14)18)26-17(19,20)21/h2-7H,9H2,1H3. The molecule has 0 bridgehead atoms. The maximum atomic E-state index is 12.2. The van der Waals surface area contributed by atoms with Crippen molar-refractivity contribution in [1.29, 1.82) is 5.26 Å². The van der Waals surface area contributed by atoms with Crippen LogP contribution in [-0.4, -0.2) is 18.8 Å². The zero-order valence-electron chi connectivity index (χ0n) is 13.3. The van der Waals surface area contributed by atoms with Crippen LogP contribution in [0.5, 0.6) is 23.0 Å². The van der Waals surface area contributed by atoms with Crippen molar-refractivity contribution in [1.82, 2.24) is 0 Å². The molecule has 0 aliphatic heterocycles. The Hall–Kier alpha value is -2.92. The summed E-state index contributed by atoms with van der Waals surface area (Å²) >= 11 is 5.93. The van der Waals surface area contributed by atoms with Crippen molar-refractivity contribution in [2.75, 3.05) is 6.61 Å². The van der Waals surface area contributed by atoms with Crippen LogP contribution in [0.1, 0.15) is 12.5 Å². The molecule has 0 saturated heterocycles. The van der Waals surface area contributed by atoms with Gasteiger partial charge in [0.2, 0.25) is 0 Å². The summed E-state index contributed by atoms with van der Waals surface area (Å²) in [6.07, 6.45) is -4.84. The molecule has 2 aromatic rings. The van der Waals surface area contributed by atoms with Crippen LogP contribution >= 0.6 is 11.6 Å². The van der Waals surface area contributed by atoms with Crippen LogP contribution in [-0.2, 0) is 4.79 Å². The molecule has 2 rings (SSSR count). The van der Waals surface area contributed by atoms with Gasteiger partial charge in [0.05, 0.1) is 16.7 Å². The van der Waals surface area contributed by atoms with Gasteiger partial charge in [0.15, 0.2) is 17.3 Å². The average molecular weight is 386 g/mol. The zero-order valence-corrected chi connectivity index (χ0v) is 14.0. The van der Waals surface area contributed by atoms with Gasteiger partial charge in [-0.05, 0) is 31.2 Å². The second-order valence-electron chi connectivity index (χ2n) is 5.01. The molecule has 0 N–H and O–H groups in total.